The molecule has 1 unspecified atom stereocenters. The summed E-state index contributed by atoms with van der Waals surface area (Å²) in [6, 6.07) is 7.11. The molecule has 2 aliphatic rings. The smallest absolute Gasteiger partial charge is 0.277 e. The lowest BCUT2D eigenvalue weighted by Gasteiger charge is -2.17. The van der Waals surface area contributed by atoms with E-state index in [0.29, 0.717) is 33.3 Å². The minimum Gasteiger partial charge on any atom is -0.353 e. The summed E-state index contributed by atoms with van der Waals surface area (Å²) in [7, 11) is 0.524. The van der Waals surface area contributed by atoms with Crippen LogP contribution in [0, 0.1) is 5.92 Å². The van der Waals surface area contributed by atoms with Gasteiger partial charge in [0.05, 0.1) is 49.3 Å². The van der Waals surface area contributed by atoms with E-state index >= 15 is 0 Å². The first-order valence-corrected chi connectivity index (χ1v) is 13.5. The molecule has 5 rings (SSSR count). The van der Waals surface area contributed by atoms with Crippen molar-refractivity contribution in [2.45, 2.75) is 37.0 Å². The van der Waals surface area contributed by atoms with E-state index in [2.05, 4.69) is 24.8 Å². The molecule has 0 saturated heterocycles. The predicted molar refractivity (Wildman–Crippen MR) is 135 cm³/mol. The second-order valence-electron chi connectivity index (χ2n) is 9.18. The Labute approximate surface area is 208 Å². The van der Waals surface area contributed by atoms with Crippen molar-refractivity contribution in [3.05, 3.63) is 48.0 Å². The number of aryl methyl sites for hydroxylation is 1. The number of halogens is 2. The highest BCUT2D eigenvalue weighted by molar-refractivity contribution is 7.93. The molecule has 8 nitrogen and oxygen atoms in total. The highest BCUT2D eigenvalue weighted by Gasteiger charge is 2.31. The summed E-state index contributed by atoms with van der Waals surface area (Å²) in [6.45, 7) is 0. The molecule has 1 aliphatic heterocycles. The van der Waals surface area contributed by atoms with Gasteiger partial charge in [-0.1, -0.05) is 6.07 Å². The molecule has 0 radical (unpaired) electrons. The Hall–Kier alpha value is -3.47. The number of alkyl halides is 2. The van der Waals surface area contributed by atoms with E-state index in [9.17, 15) is 17.8 Å². The number of Topliss-reactive ketones (excluding diaryl/α,β-unsaturated/α-hetero) is 1. The topological polar surface area (TPSA) is 102 Å². The zero-order valence-electron chi connectivity index (χ0n) is 20.2. The quantitative estimate of drug-likeness (QED) is 0.470. The lowest BCUT2D eigenvalue weighted by Crippen LogP contribution is -2.11. The number of aliphatic imine (C=N–C) groups is 1. The van der Waals surface area contributed by atoms with Crippen LogP contribution in [0.3, 0.4) is 0 Å². The van der Waals surface area contributed by atoms with Crippen molar-refractivity contribution >= 4 is 38.3 Å². The Morgan fingerprint density at radius 3 is 2.67 bits per heavy atom. The molecule has 1 atom stereocenters. The van der Waals surface area contributed by atoms with Gasteiger partial charge in [0, 0.05) is 50.9 Å². The van der Waals surface area contributed by atoms with Crippen LogP contribution in [0.1, 0.15) is 24.2 Å². The maximum Gasteiger partial charge on any atom is 0.277 e. The third-order valence-corrected chi connectivity index (χ3v) is 8.26. The summed E-state index contributed by atoms with van der Waals surface area (Å²) < 4.78 is 46.1. The summed E-state index contributed by atoms with van der Waals surface area (Å²) in [5, 5.41) is 7.45. The standard InChI is InChI=1S/C25H26F2N6O2S/c1-28-36(3,35)23-8-15(16-12-29-33(2)13-16)6-7-18(23)31-19-9-17(10-22(34)14-4-5-14)30-20-11-21(25(26)27)32-24(19)20/h6-9,12-14,25H,4-5,10-11H2,1-3H3,(H,30,31). The second-order valence-corrected chi connectivity index (χ2v) is 11.6. The van der Waals surface area contributed by atoms with E-state index in [1.54, 1.807) is 35.3 Å². The minimum absolute atomic E-state index is 0.0619. The van der Waals surface area contributed by atoms with Crippen LogP contribution >= 0.6 is 0 Å². The van der Waals surface area contributed by atoms with Gasteiger partial charge in [0.15, 0.2) is 0 Å². The van der Waals surface area contributed by atoms with Gasteiger partial charge in [-0.15, -0.1) is 0 Å². The van der Waals surface area contributed by atoms with Gasteiger partial charge >= 0.3 is 0 Å². The normalized spacial score (nSPS) is 16.4. The van der Waals surface area contributed by atoms with Crippen molar-refractivity contribution in [2.24, 2.45) is 22.3 Å². The average molecular weight is 513 g/mol. The maximum atomic E-state index is 13.5. The van der Waals surface area contributed by atoms with Crippen molar-refractivity contribution in [3.8, 4) is 11.1 Å². The van der Waals surface area contributed by atoms with E-state index in [-0.39, 0.29) is 30.3 Å². The summed E-state index contributed by atoms with van der Waals surface area (Å²) in [6.07, 6.45) is 4.23. The van der Waals surface area contributed by atoms with E-state index < -0.39 is 16.2 Å². The number of hydrogen-bond acceptors (Lipinski definition) is 7. The van der Waals surface area contributed by atoms with Crippen molar-refractivity contribution in [2.75, 3.05) is 18.6 Å². The molecule has 3 heterocycles. The van der Waals surface area contributed by atoms with Gasteiger partial charge in [0.2, 0.25) is 0 Å². The molecular formula is C25H26F2N6O2S. The molecule has 1 N–H and O–H groups in total. The number of carbonyl (C=O) groups is 1. The fraction of sp³-hybridized carbons (Fsp3) is 0.360. The molecule has 1 aliphatic carbocycles. The molecule has 1 fully saturated rings. The number of hydrogen-bond donors (Lipinski definition) is 1. The fourth-order valence-corrected chi connectivity index (χ4v) is 5.29. The number of ketones is 1. The van der Waals surface area contributed by atoms with Crippen LogP contribution in [0.4, 0.5) is 25.8 Å². The van der Waals surface area contributed by atoms with Crippen LogP contribution < -0.4 is 5.32 Å². The van der Waals surface area contributed by atoms with E-state index in [4.69, 9.17) is 0 Å². The largest absolute Gasteiger partial charge is 0.353 e. The first kappa shape index (κ1) is 24.2. The monoisotopic (exact) mass is 512 g/mol. The molecule has 1 aromatic carbocycles. The number of pyridine rings is 1. The van der Waals surface area contributed by atoms with Crippen LogP contribution in [0.15, 0.2) is 50.9 Å². The molecule has 11 heteroatoms. The highest BCUT2D eigenvalue weighted by atomic mass is 32.2. The van der Waals surface area contributed by atoms with Gasteiger partial charge < -0.3 is 5.32 Å². The Morgan fingerprint density at radius 2 is 2.03 bits per heavy atom. The minimum atomic E-state index is -2.78. The molecule has 0 amide bonds. The number of benzene rings is 1. The van der Waals surface area contributed by atoms with Crippen molar-refractivity contribution in [1.29, 1.82) is 0 Å². The zero-order chi connectivity index (χ0) is 25.6. The Balaban J connectivity index is 1.59. The maximum absolute atomic E-state index is 13.5. The number of carbonyl (C=O) groups excluding carboxylic acids is 1. The Kier molecular flexibility index (Phi) is 6.19. The van der Waals surface area contributed by atoms with Gasteiger partial charge in [-0.3, -0.25) is 14.5 Å². The Morgan fingerprint density at radius 1 is 1.25 bits per heavy atom. The molecule has 36 heavy (non-hydrogen) atoms. The summed E-state index contributed by atoms with van der Waals surface area (Å²) in [5.41, 5.74) is 3.58. The summed E-state index contributed by atoms with van der Waals surface area (Å²) in [4.78, 5) is 21.5. The SMILES string of the molecule is CN=S(C)(=O)c1cc(-c2cnn(C)c2)ccc1Nc1cc(CC(=O)C2CC2)nc2c1N=C(C(F)F)C2. The summed E-state index contributed by atoms with van der Waals surface area (Å²) in [5.74, 6) is 0.163. The summed E-state index contributed by atoms with van der Waals surface area (Å²) >= 11 is 0. The number of aromatic nitrogens is 3. The molecule has 1 saturated carbocycles. The lowest BCUT2D eigenvalue weighted by atomic mass is 10.1. The molecule has 2 aromatic heterocycles. The third kappa shape index (κ3) is 4.79. The highest BCUT2D eigenvalue weighted by Crippen LogP contribution is 2.40. The number of rotatable bonds is 8. The number of nitrogens with one attached hydrogen (secondary N) is 1. The van der Waals surface area contributed by atoms with Gasteiger partial charge in [-0.05, 0) is 36.6 Å². The van der Waals surface area contributed by atoms with Crippen molar-refractivity contribution in [3.63, 3.8) is 0 Å². The van der Waals surface area contributed by atoms with Gasteiger partial charge in [0.25, 0.3) is 6.43 Å². The number of fused-ring (bicyclic) bond motifs is 1. The average Bonchev–Trinajstić information content (AvgIpc) is 3.46. The van der Waals surface area contributed by atoms with Crippen molar-refractivity contribution in [1.82, 2.24) is 14.8 Å². The Bertz CT molecular complexity index is 1520. The number of nitrogens with zero attached hydrogens (tertiary/aromatic N) is 5. The predicted octanol–water partition coefficient (Wildman–Crippen LogP) is 4.73. The second kappa shape index (κ2) is 9.20. The lowest BCUT2D eigenvalue weighted by molar-refractivity contribution is -0.119. The first-order chi connectivity index (χ1) is 17.1. The van der Waals surface area contributed by atoms with E-state index in [1.165, 1.54) is 7.05 Å². The third-order valence-electron chi connectivity index (χ3n) is 6.41. The van der Waals surface area contributed by atoms with Gasteiger partial charge in [-0.25, -0.2) is 22.3 Å². The van der Waals surface area contributed by atoms with Crippen molar-refractivity contribution < 1.29 is 17.8 Å². The van der Waals surface area contributed by atoms with Crippen LogP contribution in [-0.4, -0.2) is 50.2 Å². The van der Waals surface area contributed by atoms with Gasteiger partial charge in [0.1, 0.15) is 11.5 Å². The van der Waals surface area contributed by atoms with E-state index in [1.807, 2.05) is 19.3 Å². The van der Waals surface area contributed by atoms with E-state index in [0.717, 1.165) is 24.0 Å². The fourth-order valence-electron chi connectivity index (χ4n) is 4.22. The molecule has 0 spiro atoms. The molecule has 3 aromatic rings. The number of anilines is 2. The van der Waals surface area contributed by atoms with Crippen LogP contribution in [0.25, 0.3) is 11.1 Å². The van der Waals surface area contributed by atoms with Crippen LogP contribution in [0.2, 0.25) is 0 Å². The molecule has 188 valence electrons. The molecule has 0 bridgehead atoms. The van der Waals surface area contributed by atoms with Crippen LogP contribution in [-0.2, 0) is 34.4 Å². The van der Waals surface area contributed by atoms with Crippen LogP contribution in [0.5, 0.6) is 0 Å². The van der Waals surface area contributed by atoms with Gasteiger partial charge in [-0.2, -0.15) is 5.10 Å². The molecular weight excluding hydrogens is 486 g/mol. The zero-order valence-corrected chi connectivity index (χ0v) is 21.0. The first-order valence-electron chi connectivity index (χ1n) is 11.6.